The van der Waals surface area contributed by atoms with E-state index in [0.29, 0.717) is 0 Å². The number of hydrogen-bond acceptors (Lipinski definition) is 1. The van der Waals surface area contributed by atoms with Gasteiger partial charge in [0.1, 0.15) is 4.77 Å². The van der Waals surface area contributed by atoms with Crippen molar-refractivity contribution < 1.29 is 0 Å². The van der Waals surface area contributed by atoms with Crippen LogP contribution in [0.3, 0.4) is 0 Å². The average molecular weight is 385 g/mol. The maximum absolute atomic E-state index is 5.48. The molecule has 0 radical (unpaired) electrons. The lowest BCUT2D eigenvalue weighted by atomic mass is 10.2. The zero-order chi connectivity index (χ0) is 18.6. The second-order valence-corrected chi connectivity index (χ2v) is 8.30. The van der Waals surface area contributed by atoms with E-state index in [0.717, 1.165) is 10.5 Å². The summed E-state index contributed by atoms with van der Waals surface area (Å²) >= 11 is 6.77. The molecule has 0 N–H and O–H groups in total. The highest BCUT2D eigenvalue weighted by molar-refractivity contribution is 7.90. The molecule has 136 valence electrons. The molecule has 2 aromatic carbocycles. The lowest BCUT2D eigenvalue weighted by Crippen LogP contribution is -1.93. The van der Waals surface area contributed by atoms with Gasteiger partial charge in [-0.2, -0.15) is 11.4 Å². The Balaban J connectivity index is 1.83. The Morgan fingerprint density at radius 1 is 0.846 bits per heavy atom. The Bertz CT molecular complexity index is 1280. The van der Waals surface area contributed by atoms with Gasteiger partial charge in [-0.1, -0.05) is 18.2 Å². The topological polar surface area (TPSA) is 19.7 Å². The highest BCUT2D eigenvalue weighted by Gasteiger charge is 2.08. The first-order chi connectivity index (χ1) is 12.4. The predicted molar refractivity (Wildman–Crippen MR) is 115 cm³/mol. The van der Waals surface area contributed by atoms with E-state index in [1.807, 2.05) is 14.1 Å². The average Bonchev–Trinajstić information content (AvgIpc) is 3.00. The molecule has 4 nitrogen and oxygen atoms in total. The summed E-state index contributed by atoms with van der Waals surface area (Å²) in [5.74, 6) is 0.981. The summed E-state index contributed by atoms with van der Waals surface area (Å²) in [5.41, 5.74) is 7.63. The second kappa shape index (κ2) is 6.28. The summed E-state index contributed by atoms with van der Waals surface area (Å²) in [7, 11) is 8.40. The Morgan fingerprint density at radius 2 is 1.58 bits per heavy atom. The number of thiol groups is 1. The van der Waals surface area contributed by atoms with E-state index in [4.69, 9.17) is 12.2 Å². The van der Waals surface area contributed by atoms with E-state index in [2.05, 4.69) is 75.7 Å². The molecule has 2 heterocycles. The van der Waals surface area contributed by atoms with Gasteiger partial charge in [0, 0.05) is 33.9 Å². The van der Waals surface area contributed by atoms with E-state index in [1.165, 1.54) is 49.3 Å². The fourth-order valence-electron chi connectivity index (χ4n) is 3.81. The first-order valence-electron chi connectivity index (χ1n) is 8.66. The molecule has 0 amide bonds. The van der Waals surface area contributed by atoms with Gasteiger partial charge in [-0.3, -0.25) is 0 Å². The highest BCUT2D eigenvalue weighted by atomic mass is 32.1. The van der Waals surface area contributed by atoms with Gasteiger partial charge in [0.15, 0.2) is 4.77 Å². The van der Waals surface area contributed by atoms with Gasteiger partial charge in [0.05, 0.1) is 22.1 Å². The van der Waals surface area contributed by atoms with Gasteiger partial charge in [-0.25, -0.2) is 0 Å². The molecule has 0 aliphatic rings. The molecule has 2 aromatic heterocycles. The fraction of sp³-hybridized carbons (Fsp3) is 0.300. The minimum absolute atomic E-state index is 0.852. The highest BCUT2D eigenvalue weighted by Crippen LogP contribution is 2.23. The van der Waals surface area contributed by atoms with Gasteiger partial charge < -0.3 is 18.3 Å². The van der Waals surface area contributed by atoms with Crippen LogP contribution in [0.15, 0.2) is 36.4 Å². The summed E-state index contributed by atoms with van der Waals surface area (Å²) in [6.07, 6.45) is 0. The maximum atomic E-state index is 5.48. The van der Waals surface area contributed by atoms with Gasteiger partial charge >= 0.3 is 0 Å². The molecule has 0 aliphatic heterocycles. The normalized spacial score (nSPS) is 12.9. The SMILES string of the molecule is Cc1cccc2c1n(C)/c(=[SH]\Cc1ccc3c(c1)n(C)c(=S)n3C)n2C. The number of nitrogens with zero attached hydrogens (tertiary/aromatic N) is 4. The van der Waals surface area contributed by atoms with Crippen LogP contribution >= 0.6 is 23.6 Å². The van der Waals surface area contributed by atoms with Crippen molar-refractivity contribution in [1.82, 2.24) is 18.3 Å². The van der Waals surface area contributed by atoms with Crippen LogP contribution in [0.5, 0.6) is 0 Å². The van der Waals surface area contributed by atoms with Crippen molar-refractivity contribution in [2.45, 2.75) is 12.7 Å². The lowest BCUT2D eigenvalue weighted by molar-refractivity contribution is 0.831. The summed E-state index contributed by atoms with van der Waals surface area (Å²) < 4.78 is 11.0. The summed E-state index contributed by atoms with van der Waals surface area (Å²) in [5, 5.41) is 0. The fourth-order valence-corrected chi connectivity index (χ4v) is 5.16. The smallest absolute Gasteiger partial charge is 0.180 e. The molecular formula is C20H24N4S2. The van der Waals surface area contributed by atoms with Crippen molar-refractivity contribution in [2.75, 3.05) is 0 Å². The van der Waals surface area contributed by atoms with E-state index < -0.39 is 0 Å². The number of imidazole rings is 2. The Morgan fingerprint density at radius 3 is 2.31 bits per heavy atom. The van der Waals surface area contributed by atoms with Crippen LogP contribution in [-0.2, 0) is 33.9 Å². The number of fused-ring (bicyclic) bond motifs is 2. The lowest BCUT2D eigenvalue weighted by Gasteiger charge is -2.02. The molecule has 0 aliphatic carbocycles. The monoisotopic (exact) mass is 384 g/mol. The molecule has 0 saturated heterocycles. The van der Waals surface area contributed by atoms with E-state index in [9.17, 15) is 0 Å². The van der Waals surface area contributed by atoms with E-state index in [1.54, 1.807) is 0 Å². The van der Waals surface area contributed by atoms with Crippen LogP contribution in [0.25, 0.3) is 22.1 Å². The largest absolute Gasteiger partial charge is 0.324 e. The minimum atomic E-state index is 0.852. The van der Waals surface area contributed by atoms with Crippen LogP contribution in [0.2, 0.25) is 0 Å². The van der Waals surface area contributed by atoms with Crippen molar-refractivity contribution in [3.05, 3.63) is 57.1 Å². The van der Waals surface area contributed by atoms with Crippen molar-refractivity contribution in [3.63, 3.8) is 0 Å². The number of aryl methyl sites for hydroxylation is 5. The minimum Gasteiger partial charge on any atom is -0.324 e. The number of hydrogen-bond donors (Lipinski definition) is 1. The van der Waals surface area contributed by atoms with Crippen molar-refractivity contribution in [3.8, 4) is 0 Å². The van der Waals surface area contributed by atoms with Crippen LogP contribution in [0, 0.1) is 16.5 Å². The Hall–Kier alpha value is -2.05. The van der Waals surface area contributed by atoms with Crippen LogP contribution in [0.4, 0.5) is 0 Å². The van der Waals surface area contributed by atoms with Crippen LogP contribution in [0.1, 0.15) is 11.1 Å². The quantitative estimate of drug-likeness (QED) is 0.396. The van der Waals surface area contributed by atoms with Gasteiger partial charge in [0.25, 0.3) is 0 Å². The third-order valence-electron chi connectivity index (χ3n) is 5.25. The molecule has 0 atom stereocenters. The van der Waals surface area contributed by atoms with Crippen molar-refractivity contribution in [2.24, 2.45) is 28.2 Å². The maximum Gasteiger partial charge on any atom is 0.180 e. The van der Waals surface area contributed by atoms with E-state index >= 15 is 0 Å². The zero-order valence-electron chi connectivity index (χ0n) is 15.8. The second-order valence-electron chi connectivity index (χ2n) is 6.90. The molecule has 0 bridgehead atoms. The summed E-state index contributed by atoms with van der Waals surface area (Å²) in [4.78, 5) is 0. The number of aromatic nitrogens is 4. The molecule has 4 aromatic rings. The third kappa shape index (κ3) is 2.51. The molecular weight excluding hydrogens is 360 g/mol. The standard InChI is InChI=1S/C20H24N4S2/c1-13-7-6-8-16-18(13)24(5)20(23(16)4)26-12-14-9-10-15-17(11-14)22(3)19(25)21(15)2/h6-11,26H,12H2,1-5H3. The van der Waals surface area contributed by atoms with Gasteiger partial charge in [-0.05, 0) is 48.5 Å². The predicted octanol–water partition coefficient (Wildman–Crippen LogP) is 4.58. The Kier molecular flexibility index (Phi) is 4.20. The van der Waals surface area contributed by atoms with Gasteiger partial charge in [0.2, 0.25) is 0 Å². The van der Waals surface area contributed by atoms with Crippen molar-refractivity contribution >= 4 is 45.6 Å². The van der Waals surface area contributed by atoms with Gasteiger partial charge in [-0.15, -0.1) is 0 Å². The zero-order valence-corrected chi connectivity index (χ0v) is 17.5. The van der Waals surface area contributed by atoms with E-state index in [-0.39, 0.29) is 0 Å². The molecule has 0 unspecified atom stereocenters. The molecule has 0 saturated carbocycles. The molecule has 26 heavy (non-hydrogen) atoms. The van der Waals surface area contributed by atoms with Crippen molar-refractivity contribution in [1.29, 1.82) is 0 Å². The number of para-hydroxylation sites is 1. The number of rotatable bonds is 2. The molecule has 6 heteroatoms. The first kappa shape index (κ1) is 17.4. The summed E-state index contributed by atoms with van der Waals surface area (Å²) in [6.45, 7) is 2.18. The molecule has 4 rings (SSSR count). The Labute approximate surface area is 161 Å². The molecule has 0 spiro atoms. The van der Waals surface area contributed by atoms with Crippen LogP contribution < -0.4 is 0 Å². The third-order valence-corrected chi connectivity index (χ3v) is 7.21. The number of benzene rings is 2. The summed E-state index contributed by atoms with van der Waals surface area (Å²) in [6, 6.07) is 13.2. The first-order valence-corrected chi connectivity index (χ1v) is 10.1. The van der Waals surface area contributed by atoms with Crippen LogP contribution in [-0.4, -0.2) is 18.3 Å². The molecule has 0 fully saturated rings.